The highest BCUT2D eigenvalue weighted by molar-refractivity contribution is 5.56. The zero-order valence-electron chi connectivity index (χ0n) is 8.94. The lowest BCUT2D eigenvalue weighted by molar-refractivity contribution is 0.383. The van der Waals surface area contributed by atoms with E-state index in [1.54, 1.807) is 0 Å². The number of aryl methyl sites for hydroxylation is 1. The molecule has 0 N–H and O–H groups in total. The average molecular weight is 204 g/mol. The molecular weight excluding hydrogens is 184 g/mol. The van der Waals surface area contributed by atoms with E-state index in [2.05, 4.69) is 67.4 Å². The first-order valence-corrected chi connectivity index (χ1v) is 4.94. The number of nitrogens with zero attached hydrogens (tertiary/aromatic N) is 2. The fourth-order valence-corrected chi connectivity index (χ4v) is 1.76. The molecule has 82 valence electrons. The molecule has 0 bridgehead atoms. The van der Waals surface area contributed by atoms with Gasteiger partial charge in [0.2, 0.25) is 0 Å². The van der Waals surface area contributed by atoms with Gasteiger partial charge in [-0.3, -0.25) is 0 Å². The van der Waals surface area contributed by atoms with Crippen molar-refractivity contribution in [3.63, 3.8) is 0 Å². The molecule has 15 heavy (non-hydrogen) atoms. The molecule has 2 rings (SSSR count). The minimum Gasteiger partial charge on any atom is -0.359 e. The first-order chi connectivity index (χ1) is 6.70. The zero-order valence-corrected chi connectivity index (χ0v) is 8.94. The summed E-state index contributed by atoms with van der Waals surface area (Å²) in [4.78, 5) is 4.49. The van der Waals surface area contributed by atoms with Crippen LogP contribution in [0.4, 0.5) is 5.69 Å². The van der Waals surface area contributed by atoms with Gasteiger partial charge in [0.1, 0.15) is 6.17 Å². The third kappa shape index (κ3) is 1.99. The van der Waals surface area contributed by atoms with Crippen LogP contribution >= 0.6 is 0 Å². The Bertz CT molecular complexity index is 357. The van der Waals surface area contributed by atoms with Gasteiger partial charge in [0.25, 0.3) is 0 Å². The van der Waals surface area contributed by atoms with Crippen LogP contribution in [-0.2, 0) is 0 Å². The highest BCUT2D eigenvalue weighted by Crippen LogP contribution is 2.26. The van der Waals surface area contributed by atoms with Crippen LogP contribution in [-0.4, -0.2) is 18.1 Å². The van der Waals surface area contributed by atoms with Crippen molar-refractivity contribution in [3.05, 3.63) is 42.2 Å². The predicted octanol–water partition coefficient (Wildman–Crippen LogP) is 3.20. The van der Waals surface area contributed by atoms with Gasteiger partial charge in [-0.2, -0.15) is 0 Å². The van der Waals surface area contributed by atoms with Gasteiger partial charge in [-0.25, -0.2) is 0 Å². The van der Waals surface area contributed by atoms with Crippen molar-refractivity contribution >= 4 is 5.69 Å². The molecule has 0 saturated heterocycles. The molecule has 2 nitrogen and oxygen atoms in total. The molecule has 0 aromatic heterocycles. The van der Waals surface area contributed by atoms with Crippen LogP contribution in [0.1, 0.15) is 19.9 Å². The Balaban J connectivity index is 0.00000112. The maximum atomic E-state index is 2.29. The molecule has 1 aromatic rings. The molecule has 0 amide bonds. The van der Waals surface area contributed by atoms with Crippen LogP contribution in [0.25, 0.3) is 0 Å². The van der Waals surface area contributed by atoms with Crippen molar-refractivity contribution in [2.45, 2.75) is 27.4 Å². The van der Waals surface area contributed by atoms with Gasteiger partial charge in [0.05, 0.1) is 0 Å². The first-order valence-electron chi connectivity index (χ1n) is 4.94. The van der Waals surface area contributed by atoms with E-state index < -0.39 is 0 Å². The maximum absolute atomic E-state index is 2.29. The van der Waals surface area contributed by atoms with Crippen molar-refractivity contribution in [2.75, 3.05) is 11.9 Å². The second-order valence-electron chi connectivity index (χ2n) is 3.79. The van der Waals surface area contributed by atoms with Gasteiger partial charge in [-0.05, 0) is 25.5 Å². The van der Waals surface area contributed by atoms with Crippen molar-refractivity contribution in [1.82, 2.24) is 4.90 Å². The third-order valence-corrected chi connectivity index (χ3v) is 2.85. The van der Waals surface area contributed by atoms with E-state index >= 15 is 0 Å². The molecule has 1 heterocycles. The fourth-order valence-electron chi connectivity index (χ4n) is 1.76. The Labute approximate surface area is 92.8 Å². The van der Waals surface area contributed by atoms with Crippen LogP contribution < -0.4 is 4.90 Å². The van der Waals surface area contributed by atoms with Crippen LogP contribution in [0.5, 0.6) is 0 Å². The van der Waals surface area contributed by atoms with E-state index in [0.717, 1.165) is 0 Å². The molecule has 0 fully saturated rings. The van der Waals surface area contributed by atoms with Gasteiger partial charge >= 0.3 is 0 Å². The largest absolute Gasteiger partial charge is 0.359 e. The minimum atomic E-state index is 0. The molecule has 1 aliphatic heterocycles. The maximum Gasteiger partial charge on any atom is 0.102 e. The Morgan fingerprint density at radius 2 is 1.80 bits per heavy atom. The van der Waals surface area contributed by atoms with Gasteiger partial charge < -0.3 is 9.80 Å². The molecule has 0 saturated carbocycles. The van der Waals surface area contributed by atoms with E-state index in [4.69, 9.17) is 0 Å². The Kier molecular flexibility index (Phi) is 3.40. The standard InChI is InChI=1S/C12H16N2.CH4/c1-10-6-4-5-7-12(10)14-9-8-13(3)11(14)2;/h4-9,11H,1-3H3;1H4/t11-;/m0./s1. The van der Waals surface area contributed by atoms with E-state index in [9.17, 15) is 0 Å². The minimum absolute atomic E-state index is 0. The normalized spacial score (nSPS) is 19.3. The molecule has 1 aliphatic rings. The summed E-state index contributed by atoms with van der Waals surface area (Å²) < 4.78 is 0. The van der Waals surface area contributed by atoms with E-state index in [1.165, 1.54) is 11.3 Å². The van der Waals surface area contributed by atoms with Crippen LogP contribution in [0.15, 0.2) is 36.7 Å². The lowest BCUT2D eigenvalue weighted by atomic mass is 10.2. The van der Waals surface area contributed by atoms with Crippen LogP contribution in [0, 0.1) is 6.92 Å². The van der Waals surface area contributed by atoms with Gasteiger partial charge in [-0.15, -0.1) is 0 Å². The van der Waals surface area contributed by atoms with Crippen LogP contribution in [0.3, 0.4) is 0 Å². The summed E-state index contributed by atoms with van der Waals surface area (Å²) in [6, 6.07) is 8.47. The summed E-state index contributed by atoms with van der Waals surface area (Å²) in [5, 5.41) is 0. The summed E-state index contributed by atoms with van der Waals surface area (Å²) in [7, 11) is 2.10. The molecular formula is C13H20N2. The van der Waals surface area contributed by atoms with Crippen LogP contribution in [0.2, 0.25) is 0 Å². The molecule has 0 spiro atoms. The van der Waals surface area contributed by atoms with E-state index in [-0.39, 0.29) is 7.43 Å². The Morgan fingerprint density at radius 1 is 1.13 bits per heavy atom. The predicted molar refractivity (Wildman–Crippen MR) is 66.8 cm³/mol. The Morgan fingerprint density at radius 3 is 2.33 bits per heavy atom. The van der Waals surface area contributed by atoms with Crippen molar-refractivity contribution in [2.24, 2.45) is 0 Å². The molecule has 0 aliphatic carbocycles. The molecule has 1 atom stereocenters. The number of para-hydroxylation sites is 1. The topological polar surface area (TPSA) is 6.48 Å². The molecule has 2 heteroatoms. The lowest BCUT2D eigenvalue weighted by Gasteiger charge is -2.28. The number of hydrogen-bond donors (Lipinski definition) is 0. The lowest BCUT2D eigenvalue weighted by Crippen LogP contribution is -2.33. The summed E-state index contributed by atoms with van der Waals surface area (Å²) >= 11 is 0. The van der Waals surface area contributed by atoms with E-state index in [0.29, 0.717) is 6.17 Å². The first kappa shape index (κ1) is 11.6. The van der Waals surface area contributed by atoms with Gasteiger partial charge in [0, 0.05) is 25.1 Å². The Hall–Kier alpha value is -1.44. The average Bonchev–Trinajstić information content (AvgIpc) is 2.49. The SMILES string of the molecule is C.Cc1ccccc1N1C=CN(C)[C@@H]1C. The van der Waals surface area contributed by atoms with Crippen molar-refractivity contribution < 1.29 is 0 Å². The second kappa shape index (κ2) is 4.39. The fraction of sp³-hybridized carbons (Fsp3) is 0.385. The monoisotopic (exact) mass is 204 g/mol. The number of benzene rings is 1. The number of rotatable bonds is 1. The number of hydrogen-bond acceptors (Lipinski definition) is 2. The zero-order chi connectivity index (χ0) is 10.1. The third-order valence-electron chi connectivity index (χ3n) is 2.85. The van der Waals surface area contributed by atoms with Crippen molar-refractivity contribution in [1.29, 1.82) is 0 Å². The summed E-state index contributed by atoms with van der Waals surface area (Å²) in [5.74, 6) is 0. The summed E-state index contributed by atoms with van der Waals surface area (Å²) in [6.07, 6.45) is 4.65. The quantitative estimate of drug-likeness (QED) is 0.693. The molecule has 0 unspecified atom stereocenters. The number of anilines is 1. The second-order valence-corrected chi connectivity index (χ2v) is 3.79. The van der Waals surface area contributed by atoms with E-state index in [1.807, 2.05) is 0 Å². The smallest absolute Gasteiger partial charge is 0.102 e. The highest BCUT2D eigenvalue weighted by atomic mass is 15.4. The van der Waals surface area contributed by atoms with Gasteiger partial charge in [-0.1, -0.05) is 25.6 Å². The molecule has 0 radical (unpaired) electrons. The molecule has 1 aromatic carbocycles. The van der Waals surface area contributed by atoms with Crippen molar-refractivity contribution in [3.8, 4) is 0 Å². The van der Waals surface area contributed by atoms with Gasteiger partial charge in [0.15, 0.2) is 0 Å². The highest BCUT2D eigenvalue weighted by Gasteiger charge is 2.20. The summed E-state index contributed by atoms with van der Waals surface area (Å²) in [6.45, 7) is 4.35. The summed E-state index contributed by atoms with van der Waals surface area (Å²) in [5.41, 5.74) is 2.61.